The minimum absolute atomic E-state index is 0.0536. The third-order valence-electron chi connectivity index (χ3n) is 4.18. The van der Waals surface area contributed by atoms with Gasteiger partial charge in [-0.25, -0.2) is 0 Å². The van der Waals surface area contributed by atoms with Gasteiger partial charge >= 0.3 is 6.18 Å². The Labute approximate surface area is 139 Å². The van der Waals surface area contributed by atoms with E-state index in [2.05, 4.69) is 5.32 Å². The number of nitrogens with zero attached hydrogens (tertiary/aromatic N) is 1. The van der Waals surface area contributed by atoms with Gasteiger partial charge in [0.25, 0.3) is 0 Å². The molecule has 0 spiro atoms. The van der Waals surface area contributed by atoms with Gasteiger partial charge in [0.1, 0.15) is 0 Å². The van der Waals surface area contributed by atoms with Crippen LogP contribution in [0.4, 0.5) is 13.2 Å². The average Bonchev–Trinajstić information content (AvgIpc) is 2.51. The van der Waals surface area contributed by atoms with Crippen molar-refractivity contribution in [2.24, 2.45) is 5.92 Å². The summed E-state index contributed by atoms with van der Waals surface area (Å²) in [6.45, 7) is 1.44. The number of alkyl halides is 3. The molecular formula is C17H23F3N2O2. The van der Waals surface area contributed by atoms with E-state index in [0.29, 0.717) is 24.9 Å². The number of aliphatic hydroxyl groups is 1. The van der Waals surface area contributed by atoms with Crippen molar-refractivity contribution < 1.29 is 23.1 Å². The Morgan fingerprint density at radius 2 is 2.21 bits per heavy atom. The van der Waals surface area contributed by atoms with E-state index in [9.17, 15) is 23.1 Å². The monoisotopic (exact) mass is 344 g/mol. The molecule has 0 bridgehead atoms. The van der Waals surface area contributed by atoms with Gasteiger partial charge in [-0.15, -0.1) is 0 Å². The second-order valence-electron chi connectivity index (χ2n) is 6.36. The maximum atomic E-state index is 12.5. The number of carbonyl (C=O) groups is 1. The summed E-state index contributed by atoms with van der Waals surface area (Å²) in [7, 11) is 0. The first-order valence-electron chi connectivity index (χ1n) is 8.06. The van der Waals surface area contributed by atoms with Crippen LogP contribution in [0.15, 0.2) is 24.3 Å². The summed E-state index contributed by atoms with van der Waals surface area (Å²) >= 11 is 0. The molecule has 1 amide bonds. The van der Waals surface area contributed by atoms with Gasteiger partial charge in [0.2, 0.25) is 5.91 Å². The number of nitrogens with one attached hydrogen (secondary N) is 1. The van der Waals surface area contributed by atoms with Crippen LogP contribution in [0.1, 0.15) is 30.1 Å². The molecule has 4 nitrogen and oxygen atoms in total. The van der Waals surface area contributed by atoms with Crippen LogP contribution < -0.4 is 5.32 Å². The standard InChI is InChI=1S/C17H23F3N2O2/c1-12-4-2-5-13(8-12)15(23)9-21-16(24)14-6-3-7-22(10-14)11-17(18,19)20/h2,4-5,8,14-15,23H,3,6-7,9-11H2,1H3,(H,21,24). The molecular weight excluding hydrogens is 321 g/mol. The molecule has 1 heterocycles. The van der Waals surface area contributed by atoms with Crippen LogP contribution in [0.3, 0.4) is 0 Å². The number of benzene rings is 1. The lowest BCUT2D eigenvalue weighted by atomic mass is 9.97. The molecule has 0 radical (unpaired) electrons. The van der Waals surface area contributed by atoms with Crippen LogP contribution >= 0.6 is 0 Å². The average molecular weight is 344 g/mol. The molecule has 1 aromatic rings. The normalized spacial score (nSPS) is 20.6. The summed E-state index contributed by atoms with van der Waals surface area (Å²) in [5, 5.41) is 12.8. The van der Waals surface area contributed by atoms with Crippen LogP contribution in [-0.4, -0.2) is 48.3 Å². The summed E-state index contributed by atoms with van der Waals surface area (Å²) in [6.07, 6.45) is -3.95. The number of aryl methyl sites for hydroxylation is 1. The molecule has 1 aromatic carbocycles. The Hall–Kier alpha value is -1.60. The summed E-state index contributed by atoms with van der Waals surface area (Å²) in [4.78, 5) is 13.5. The summed E-state index contributed by atoms with van der Waals surface area (Å²) in [5.74, 6) is -0.764. The Morgan fingerprint density at radius 1 is 1.46 bits per heavy atom. The highest BCUT2D eigenvalue weighted by Gasteiger charge is 2.34. The molecule has 2 rings (SSSR count). The van der Waals surface area contributed by atoms with Crippen molar-refractivity contribution in [3.63, 3.8) is 0 Å². The second kappa shape index (κ2) is 7.98. The van der Waals surface area contributed by atoms with Gasteiger partial charge in [-0.05, 0) is 31.9 Å². The highest BCUT2D eigenvalue weighted by atomic mass is 19.4. The Morgan fingerprint density at radius 3 is 2.88 bits per heavy atom. The number of halogens is 3. The largest absolute Gasteiger partial charge is 0.401 e. The molecule has 1 aliphatic heterocycles. The zero-order valence-electron chi connectivity index (χ0n) is 13.6. The fourth-order valence-electron chi connectivity index (χ4n) is 3.00. The maximum Gasteiger partial charge on any atom is 0.401 e. The number of aliphatic hydroxyl groups excluding tert-OH is 1. The zero-order chi connectivity index (χ0) is 17.7. The number of amides is 1. The molecule has 0 aromatic heterocycles. The van der Waals surface area contributed by atoms with Gasteiger partial charge in [-0.3, -0.25) is 9.69 Å². The van der Waals surface area contributed by atoms with Crippen molar-refractivity contribution in [3.8, 4) is 0 Å². The van der Waals surface area contributed by atoms with Crippen molar-refractivity contribution in [2.75, 3.05) is 26.2 Å². The van der Waals surface area contributed by atoms with Crippen LogP contribution in [0, 0.1) is 12.8 Å². The fraction of sp³-hybridized carbons (Fsp3) is 0.588. The van der Waals surface area contributed by atoms with Crippen LogP contribution in [0.2, 0.25) is 0 Å². The van der Waals surface area contributed by atoms with Gasteiger partial charge in [-0.1, -0.05) is 29.8 Å². The van der Waals surface area contributed by atoms with Crippen LogP contribution in [0.25, 0.3) is 0 Å². The number of piperidine rings is 1. The van der Waals surface area contributed by atoms with E-state index in [4.69, 9.17) is 0 Å². The number of hydrogen-bond donors (Lipinski definition) is 2. The molecule has 134 valence electrons. The quantitative estimate of drug-likeness (QED) is 0.863. The molecule has 2 N–H and O–H groups in total. The molecule has 2 atom stereocenters. The highest BCUT2D eigenvalue weighted by molar-refractivity contribution is 5.79. The van der Waals surface area contributed by atoms with E-state index in [1.165, 1.54) is 4.90 Å². The van der Waals surface area contributed by atoms with E-state index >= 15 is 0 Å². The van der Waals surface area contributed by atoms with Crippen molar-refractivity contribution in [3.05, 3.63) is 35.4 Å². The van der Waals surface area contributed by atoms with Gasteiger partial charge in [0, 0.05) is 13.1 Å². The Bertz CT molecular complexity index is 563. The third kappa shape index (κ3) is 5.79. The third-order valence-corrected chi connectivity index (χ3v) is 4.18. The first-order valence-corrected chi connectivity index (χ1v) is 8.06. The molecule has 2 unspecified atom stereocenters. The Balaban J connectivity index is 1.83. The fourth-order valence-corrected chi connectivity index (χ4v) is 3.00. The maximum absolute atomic E-state index is 12.5. The first-order chi connectivity index (χ1) is 11.2. The lowest BCUT2D eigenvalue weighted by Gasteiger charge is -2.32. The molecule has 0 aliphatic carbocycles. The van der Waals surface area contributed by atoms with Crippen molar-refractivity contribution in [1.29, 1.82) is 0 Å². The predicted octanol–water partition coefficient (Wildman–Crippen LogP) is 2.42. The lowest BCUT2D eigenvalue weighted by molar-refractivity contribution is -0.152. The van der Waals surface area contributed by atoms with Crippen molar-refractivity contribution in [1.82, 2.24) is 10.2 Å². The SMILES string of the molecule is Cc1cccc(C(O)CNC(=O)C2CCCN(CC(F)(F)F)C2)c1. The first kappa shape index (κ1) is 18.7. The van der Waals surface area contributed by atoms with Gasteiger partial charge < -0.3 is 10.4 Å². The van der Waals surface area contributed by atoms with Crippen LogP contribution in [0.5, 0.6) is 0 Å². The smallest absolute Gasteiger partial charge is 0.387 e. The van der Waals surface area contributed by atoms with Gasteiger partial charge in [-0.2, -0.15) is 13.2 Å². The summed E-state index contributed by atoms with van der Waals surface area (Å²) in [6, 6.07) is 7.34. The molecule has 1 saturated heterocycles. The minimum Gasteiger partial charge on any atom is -0.387 e. The zero-order valence-corrected chi connectivity index (χ0v) is 13.6. The summed E-state index contributed by atoms with van der Waals surface area (Å²) < 4.78 is 37.4. The number of carbonyl (C=O) groups excluding carboxylic acids is 1. The highest BCUT2D eigenvalue weighted by Crippen LogP contribution is 2.22. The van der Waals surface area contributed by atoms with Crippen molar-refractivity contribution in [2.45, 2.75) is 32.0 Å². The second-order valence-corrected chi connectivity index (χ2v) is 6.36. The molecule has 7 heteroatoms. The van der Waals surface area contributed by atoms with Gasteiger partial charge in [0.05, 0.1) is 18.6 Å². The van der Waals surface area contributed by atoms with E-state index in [0.717, 1.165) is 5.56 Å². The lowest BCUT2D eigenvalue weighted by Crippen LogP contribution is -2.46. The Kier molecular flexibility index (Phi) is 6.23. The molecule has 1 aliphatic rings. The van der Waals surface area contributed by atoms with E-state index in [1.54, 1.807) is 6.07 Å². The summed E-state index contributed by atoms with van der Waals surface area (Å²) in [5.41, 5.74) is 1.71. The van der Waals surface area contributed by atoms with E-state index in [-0.39, 0.29) is 19.0 Å². The molecule has 0 saturated carbocycles. The minimum atomic E-state index is -4.25. The number of rotatable bonds is 5. The number of likely N-dealkylation sites (tertiary alicyclic amines) is 1. The van der Waals surface area contributed by atoms with E-state index < -0.39 is 24.7 Å². The van der Waals surface area contributed by atoms with Crippen LogP contribution in [-0.2, 0) is 4.79 Å². The topological polar surface area (TPSA) is 52.6 Å². The van der Waals surface area contributed by atoms with Gasteiger partial charge in [0.15, 0.2) is 0 Å². The molecule has 1 fully saturated rings. The van der Waals surface area contributed by atoms with E-state index in [1.807, 2.05) is 25.1 Å². The van der Waals surface area contributed by atoms with Crippen molar-refractivity contribution >= 4 is 5.91 Å². The number of hydrogen-bond acceptors (Lipinski definition) is 3. The molecule has 24 heavy (non-hydrogen) atoms. The predicted molar refractivity (Wildman–Crippen MR) is 84.4 cm³/mol.